The van der Waals surface area contributed by atoms with Gasteiger partial charge in [-0.1, -0.05) is 0 Å². The minimum absolute atomic E-state index is 0.0522. The molecule has 0 aliphatic rings. The molecule has 2 rings (SSSR count). The fraction of sp³-hybridized carbons (Fsp3) is 0.222. The number of amides is 1. The van der Waals surface area contributed by atoms with Crippen LogP contribution in [0.2, 0.25) is 0 Å². The molecule has 1 unspecified atom stereocenters. The fourth-order valence-electron chi connectivity index (χ4n) is 2.42. The number of carbonyl (C=O) groups is 1. The predicted octanol–water partition coefficient (Wildman–Crippen LogP) is 2.40. The van der Waals surface area contributed by atoms with Gasteiger partial charge in [0.2, 0.25) is 0 Å². The van der Waals surface area contributed by atoms with Gasteiger partial charge >= 0.3 is 0 Å². The number of nitrogen functional groups attached to an aromatic ring is 1. The van der Waals surface area contributed by atoms with Gasteiger partial charge in [-0.05, 0) is 24.3 Å². The molecule has 27 heavy (non-hydrogen) atoms. The number of hydrogen-bond acceptors (Lipinski definition) is 4. The first-order valence-corrected chi connectivity index (χ1v) is 7.74. The smallest absolute Gasteiger partial charge is 0.254 e. The van der Waals surface area contributed by atoms with Crippen LogP contribution in [-0.4, -0.2) is 26.0 Å². The Kier molecular flexibility index (Phi) is 6.40. The van der Waals surface area contributed by atoms with E-state index < -0.39 is 47.4 Å². The number of halogens is 3. The Hall–Kier alpha value is -3.07. The van der Waals surface area contributed by atoms with E-state index >= 15 is 0 Å². The van der Waals surface area contributed by atoms with Crippen LogP contribution in [0.25, 0.3) is 0 Å². The third kappa shape index (κ3) is 4.56. The van der Waals surface area contributed by atoms with E-state index in [1.54, 1.807) is 0 Å². The molecule has 0 radical (unpaired) electrons. The molecule has 1 atom stereocenters. The van der Waals surface area contributed by atoms with Crippen molar-refractivity contribution in [3.05, 3.63) is 64.5 Å². The monoisotopic (exact) mass is 381 g/mol. The summed E-state index contributed by atoms with van der Waals surface area (Å²) in [5, 5.41) is 9.52. The highest BCUT2D eigenvalue weighted by Gasteiger charge is 2.24. The lowest BCUT2D eigenvalue weighted by atomic mass is 10.1. The first-order valence-electron chi connectivity index (χ1n) is 7.74. The van der Waals surface area contributed by atoms with Gasteiger partial charge < -0.3 is 20.5 Å². The first-order chi connectivity index (χ1) is 12.8. The first kappa shape index (κ1) is 20.2. The Morgan fingerprint density at radius 1 is 1.15 bits per heavy atom. The number of amidine groups is 1. The Bertz CT molecular complexity index is 851. The maximum Gasteiger partial charge on any atom is 0.254 e. The van der Waals surface area contributed by atoms with E-state index in [0.717, 1.165) is 18.2 Å². The van der Waals surface area contributed by atoms with Crippen molar-refractivity contribution in [2.75, 3.05) is 14.2 Å². The molecule has 0 heterocycles. The van der Waals surface area contributed by atoms with Crippen molar-refractivity contribution in [1.82, 2.24) is 5.32 Å². The third-order valence-electron chi connectivity index (χ3n) is 3.86. The van der Waals surface area contributed by atoms with Gasteiger partial charge in [0, 0.05) is 36.4 Å². The summed E-state index contributed by atoms with van der Waals surface area (Å²) in [6, 6.07) is 5.66. The molecule has 2 aromatic rings. The third-order valence-corrected chi connectivity index (χ3v) is 3.86. The van der Waals surface area contributed by atoms with Gasteiger partial charge in [0.25, 0.3) is 5.91 Å². The Morgan fingerprint density at radius 3 is 2.26 bits per heavy atom. The van der Waals surface area contributed by atoms with E-state index in [-0.39, 0.29) is 16.9 Å². The van der Waals surface area contributed by atoms with Crippen LogP contribution >= 0.6 is 0 Å². The normalized spacial score (nSPS) is 11.7. The molecule has 4 N–H and O–H groups in total. The van der Waals surface area contributed by atoms with Gasteiger partial charge in [0.05, 0.1) is 7.11 Å². The minimum Gasteiger partial charge on any atom is -0.497 e. The van der Waals surface area contributed by atoms with Crippen LogP contribution in [0.4, 0.5) is 13.2 Å². The quantitative estimate of drug-likeness (QED) is 0.507. The zero-order valence-corrected chi connectivity index (χ0v) is 14.6. The number of hydrogen-bond donors (Lipinski definition) is 3. The van der Waals surface area contributed by atoms with Gasteiger partial charge in [-0.25, -0.2) is 13.2 Å². The number of carbonyl (C=O) groups excluding carboxylic acids is 1. The summed E-state index contributed by atoms with van der Waals surface area (Å²) in [5.41, 5.74) is 4.61. The number of nitrogens with two attached hydrogens (primary N) is 1. The zero-order chi connectivity index (χ0) is 20.1. The van der Waals surface area contributed by atoms with Crippen LogP contribution in [0.1, 0.15) is 22.8 Å². The van der Waals surface area contributed by atoms with Crippen LogP contribution in [-0.2, 0) is 16.1 Å². The molecule has 0 fully saturated rings. The van der Waals surface area contributed by atoms with Crippen LogP contribution < -0.4 is 15.8 Å². The van der Waals surface area contributed by atoms with E-state index in [2.05, 4.69) is 5.32 Å². The topological polar surface area (TPSA) is 97.4 Å². The maximum absolute atomic E-state index is 14.2. The maximum atomic E-state index is 14.2. The van der Waals surface area contributed by atoms with E-state index in [1.165, 1.54) is 26.4 Å². The molecule has 0 saturated carbocycles. The van der Waals surface area contributed by atoms with Gasteiger partial charge in [0.1, 0.15) is 29.0 Å². The summed E-state index contributed by atoms with van der Waals surface area (Å²) >= 11 is 0. The summed E-state index contributed by atoms with van der Waals surface area (Å²) in [5.74, 6) is -3.66. The van der Waals surface area contributed by atoms with Gasteiger partial charge in [-0.15, -0.1) is 0 Å². The lowest BCUT2D eigenvalue weighted by molar-refractivity contribution is -0.131. The molecule has 1 amide bonds. The average molecular weight is 381 g/mol. The van der Waals surface area contributed by atoms with Crippen molar-refractivity contribution in [3.63, 3.8) is 0 Å². The molecule has 0 bridgehead atoms. The second-order valence-corrected chi connectivity index (χ2v) is 5.55. The lowest BCUT2D eigenvalue weighted by Crippen LogP contribution is -2.31. The van der Waals surface area contributed by atoms with Crippen LogP contribution in [0.5, 0.6) is 5.75 Å². The standard InChI is InChI=1S/C18H18F3N3O3/c1-26-10-3-4-11(15(21)7-10)16(27-2)18(25)24-8-12-13(19)5-9(17(22)23)6-14(12)20/h3-7,16H,8H2,1-2H3,(H3,22,23)(H,24,25). The molecule has 144 valence electrons. The molecule has 0 saturated heterocycles. The molecule has 0 aliphatic carbocycles. The summed E-state index contributed by atoms with van der Waals surface area (Å²) in [4.78, 5) is 12.3. The van der Waals surface area contributed by atoms with Crippen LogP contribution in [0.15, 0.2) is 30.3 Å². The van der Waals surface area contributed by atoms with Crippen LogP contribution in [0.3, 0.4) is 0 Å². The van der Waals surface area contributed by atoms with E-state index in [1.807, 2.05) is 0 Å². The highest BCUT2D eigenvalue weighted by molar-refractivity contribution is 5.95. The van der Waals surface area contributed by atoms with Crippen molar-refractivity contribution < 1.29 is 27.4 Å². The number of ether oxygens (including phenoxy) is 2. The summed E-state index contributed by atoms with van der Waals surface area (Å²) in [6.45, 7) is -0.494. The second-order valence-electron chi connectivity index (χ2n) is 5.55. The highest BCUT2D eigenvalue weighted by atomic mass is 19.1. The number of methoxy groups -OCH3 is 2. The fourth-order valence-corrected chi connectivity index (χ4v) is 2.42. The van der Waals surface area contributed by atoms with E-state index in [0.29, 0.717) is 0 Å². The van der Waals surface area contributed by atoms with Crippen LogP contribution in [0, 0.1) is 22.9 Å². The van der Waals surface area contributed by atoms with Gasteiger partial charge in [-0.3, -0.25) is 10.2 Å². The Balaban J connectivity index is 2.18. The molecule has 0 aromatic heterocycles. The summed E-state index contributed by atoms with van der Waals surface area (Å²) < 4.78 is 52.1. The zero-order valence-electron chi connectivity index (χ0n) is 14.6. The average Bonchev–Trinajstić information content (AvgIpc) is 2.62. The van der Waals surface area contributed by atoms with Crippen molar-refractivity contribution in [2.45, 2.75) is 12.6 Å². The molecule has 6 nitrogen and oxygen atoms in total. The van der Waals surface area contributed by atoms with Crippen molar-refractivity contribution in [2.24, 2.45) is 5.73 Å². The molecular weight excluding hydrogens is 363 g/mol. The number of benzene rings is 2. The van der Waals surface area contributed by atoms with E-state index in [9.17, 15) is 18.0 Å². The number of nitrogens with one attached hydrogen (secondary N) is 2. The van der Waals surface area contributed by atoms with Crippen molar-refractivity contribution in [1.29, 1.82) is 5.41 Å². The lowest BCUT2D eigenvalue weighted by Gasteiger charge is -2.17. The van der Waals surface area contributed by atoms with Gasteiger partial charge in [0.15, 0.2) is 6.10 Å². The molecule has 0 spiro atoms. The largest absolute Gasteiger partial charge is 0.497 e. The molecule has 2 aromatic carbocycles. The molecule has 9 heteroatoms. The summed E-state index contributed by atoms with van der Waals surface area (Å²) in [6.07, 6.45) is -1.32. The molecular formula is C18H18F3N3O3. The van der Waals surface area contributed by atoms with Gasteiger partial charge in [-0.2, -0.15) is 0 Å². The number of rotatable bonds is 7. The predicted molar refractivity (Wildman–Crippen MR) is 91.9 cm³/mol. The molecule has 0 aliphatic heterocycles. The second kappa shape index (κ2) is 8.54. The van der Waals surface area contributed by atoms with E-state index in [4.69, 9.17) is 20.6 Å². The SMILES string of the molecule is COc1ccc(C(OC)C(=O)NCc2c(F)cc(C(=N)N)cc2F)c(F)c1. The Labute approximate surface area is 153 Å². The summed E-state index contributed by atoms with van der Waals surface area (Å²) in [7, 11) is 2.58. The highest BCUT2D eigenvalue weighted by Crippen LogP contribution is 2.24. The Morgan fingerprint density at radius 2 is 1.78 bits per heavy atom. The van der Waals surface area contributed by atoms with Crippen molar-refractivity contribution in [3.8, 4) is 5.75 Å². The van der Waals surface area contributed by atoms with Crippen molar-refractivity contribution >= 4 is 11.7 Å². The minimum atomic E-state index is -1.32.